The zero-order chi connectivity index (χ0) is 15.9. The van der Waals surface area contributed by atoms with Crippen LogP contribution in [0.4, 0.5) is 0 Å². The van der Waals surface area contributed by atoms with Crippen molar-refractivity contribution in [3.8, 4) is 17.2 Å². The van der Waals surface area contributed by atoms with E-state index in [9.17, 15) is 14.7 Å². The van der Waals surface area contributed by atoms with Crippen molar-refractivity contribution in [1.82, 2.24) is 0 Å². The highest BCUT2D eigenvalue weighted by molar-refractivity contribution is 5.75. The maximum absolute atomic E-state index is 11.2. The topological polar surface area (TPSA) is 104 Å². The molecule has 0 bridgehead atoms. The summed E-state index contributed by atoms with van der Waals surface area (Å²) in [6, 6.07) is 4.20. The van der Waals surface area contributed by atoms with Crippen LogP contribution in [0.1, 0.15) is 27.7 Å². The molecule has 0 saturated heterocycles. The van der Waals surface area contributed by atoms with Crippen LogP contribution in [0.2, 0.25) is 0 Å². The summed E-state index contributed by atoms with van der Waals surface area (Å²) in [5.41, 5.74) is 0. The van der Waals surface area contributed by atoms with Gasteiger partial charge in [-0.3, -0.25) is 9.59 Å². The molecule has 112 valence electrons. The minimum Gasteiger partial charge on any atom is -0.504 e. The number of para-hydroxylation sites is 1. The maximum atomic E-state index is 11.2. The highest BCUT2D eigenvalue weighted by Crippen LogP contribution is 2.34. The van der Waals surface area contributed by atoms with Crippen molar-refractivity contribution in [3.05, 3.63) is 18.2 Å². The van der Waals surface area contributed by atoms with Gasteiger partial charge in [0.15, 0.2) is 11.5 Å². The lowest BCUT2D eigenvalue weighted by atomic mass is 10.2. The summed E-state index contributed by atoms with van der Waals surface area (Å²) in [6.07, 6.45) is 0. The van der Waals surface area contributed by atoms with E-state index in [-0.39, 0.29) is 23.3 Å². The molecule has 0 aliphatic heterocycles. The number of hydrogen-bond donors (Lipinski definition) is 3. The molecule has 6 heteroatoms. The molecule has 0 heterocycles. The highest BCUT2D eigenvalue weighted by Gasteiger charge is 2.14. The standard InChI is InChI=1S/C10H12O4.C4H8O2/c1-6(2)10(13)14-8-5-3-4-7(11)9(8)12;1-3(2)4(5)6/h3-6,11-12H,1-2H3;3H,1-2H3,(H,5,6). The van der Waals surface area contributed by atoms with Gasteiger partial charge in [-0.25, -0.2) is 0 Å². The number of hydrogen-bond acceptors (Lipinski definition) is 5. The minimum absolute atomic E-state index is 0.0244. The van der Waals surface area contributed by atoms with E-state index in [1.807, 2.05) is 0 Å². The van der Waals surface area contributed by atoms with Crippen LogP contribution >= 0.6 is 0 Å². The predicted octanol–water partition coefficient (Wildman–Crippen LogP) is 2.39. The molecule has 1 rings (SSSR count). The van der Waals surface area contributed by atoms with Crippen molar-refractivity contribution < 1.29 is 29.6 Å². The number of carbonyl (C=O) groups is 2. The van der Waals surface area contributed by atoms with Gasteiger partial charge in [0.25, 0.3) is 0 Å². The van der Waals surface area contributed by atoms with Crippen LogP contribution in [-0.2, 0) is 9.59 Å². The number of ether oxygens (including phenoxy) is 1. The number of carboxylic acids is 1. The number of aliphatic carboxylic acids is 1. The molecule has 6 nitrogen and oxygen atoms in total. The number of benzene rings is 1. The normalized spacial score (nSPS) is 9.90. The third-order valence-electron chi connectivity index (χ3n) is 2.15. The maximum Gasteiger partial charge on any atom is 0.313 e. The lowest BCUT2D eigenvalue weighted by Gasteiger charge is -2.08. The van der Waals surface area contributed by atoms with Crippen LogP contribution in [0.3, 0.4) is 0 Å². The predicted molar refractivity (Wildman–Crippen MR) is 72.7 cm³/mol. The van der Waals surface area contributed by atoms with E-state index in [1.165, 1.54) is 18.2 Å². The summed E-state index contributed by atoms with van der Waals surface area (Å²) in [4.78, 5) is 20.9. The number of phenols is 2. The van der Waals surface area contributed by atoms with Gasteiger partial charge < -0.3 is 20.1 Å². The van der Waals surface area contributed by atoms with Crippen LogP contribution in [0.15, 0.2) is 18.2 Å². The number of carboxylic acid groups (broad SMARTS) is 1. The average molecular weight is 284 g/mol. The Morgan fingerprint density at radius 1 is 1.05 bits per heavy atom. The van der Waals surface area contributed by atoms with Gasteiger partial charge in [0.2, 0.25) is 5.75 Å². The molecule has 1 aromatic carbocycles. The molecule has 0 aromatic heterocycles. The fourth-order valence-electron chi connectivity index (χ4n) is 0.819. The van der Waals surface area contributed by atoms with E-state index in [0.717, 1.165) is 0 Å². The third-order valence-corrected chi connectivity index (χ3v) is 2.15. The van der Waals surface area contributed by atoms with Crippen molar-refractivity contribution in [3.63, 3.8) is 0 Å². The highest BCUT2D eigenvalue weighted by atomic mass is 16.5. The van der Waals surface area contributed by atoms with E-state index in [0.29, 0.717) is 0 Å². The number of rotatable bonds is 3. The van der Waals surface area contributed by atoms with E-state index >= 15 is 0 Å². The molecule has 0 unspecified atom stereocenters. The summed E-state index contributed by atoms with van der Waals surface area (Å²) >= 11 is 0. The molecule has 3 N–H and O–H groups in total. The molecular weight excluding hydrogens is 264 g/mol. The fraction of sp³-hybridized carbons (Fsp3) is 0.429. The monoisotopic (exact) mass is 284 g/mol. The van der Waals surface area contributed by atoms with Gasteiger partial charge in [0, 0.05) is 0 Å². The molecule has 0 radical (unpaired) electrons. The van der Waals surface area contributed by atoms with Gasteiger partial charge >= 0.3 is 11.9 Å². The molecule has 0 amide bonds. The lowest BCUT2D eigenvalue weighted by Crippen LogP contribution is -2.14. The van der Waals surface area contributed by atoms with E-state index < -0.39 is 17.7 Å². The zero-order valence-electron chi connectivity index (χ0n) is 12.0. The summed E-state index contributed by atoms with van der Waals surface area (Å²) in [5.74, 6) is -2.45. The Balaban J connectivity index is 0.000000511. The Morgan fingerprint density at radius 3 is 1.95 bits per heavy atom. The summed E-state index contributed by atoms with van der Waals surface area (Å²) < 4.78 is 4.84. The fourth-order valence-corrected chi connectivity index (χ4v) is 0.819. The van der Waals surface area contributed by atoms with Crippen LogP contribution in [0.25, 0.3) is 0 Å². The second kappa shape index (κ2) is 8.04. The van der Waals surface area contributed by atoms with Crippen LogP contribution in [0, 0.1) is 11.8 Å². The van der Waals surface area contributed by atoms with Crippen molar-refractivity contribution in [1.29, 1.82) is 0 Å². The molecule has 0 atom stereocenters. The molecule has 1 aromatic rings. The third kappa shape index (κ3) is 6.08. The molecule has 0 aliphatic carbocycles. The van der Waals surface area contributed by atoms with Crippen molar-refractivity contribution in [2.75, 3.05) is 0 Å². The van der Waals surface area contributed by atoms with Gasteiger partial charge in [-0.1, -0.05) is 33.8 Å². The van der Waals surface area contributed by atoms with Crippen LogP contribution < -0.4 is 4.74 Å². The molecule has 0 saturated carbocycles. The van der Waals surface area contributed by atoms with E-state index in [2.05, 4.69) is 0 Å². The number of esters is 1. The first-order valence-corrected chi connectivity index (χ1v) is 6.12. The quantitative estimate of drug-likeness (QED) is 0.447. The largest absolute Gasteiger partial charge is 0.504 e. The number of phenolic OH excluding ortho intramolecular Hbond substituents is 2. The second-order valence-corrected chi connectivity index (χ2v) is 4.69. The first-order valence-electron chi connectivity index (χ1n) is 6.12. The average Bonchev–Trinajstić information content (AvgIpc) is 2.35. The SMILES string of the molecule is CC(C)C(=O)O.CC(C)C(=O)Oc1cccc(O)c1O. The molecule has 0 fully saturated rings. The molecule has 20 heavy (non-hydrogen) atoms. The van der Waals surface area contributed by atoms with Gasteiger partial charge in [-0.2, -0.15) is 0 Å². The smallest absolute Gasteiger partial charge is 0.313 e. The van der Waals surface area contributed by atoms with Crippen LogP contribution in [-0.4, -0.2) is 27.3 Å². The molecule has 0 aliphatic rings. The Labute approximate surface area is 117 Å². The Hall–Kier alpha value is -2.24. The Morgan fingerprint density at radius 2 is 1.55 bits per heavy atom. The first-order chi connectivity index (χ1) is 9.16. The van der Waals surface area contributed by atoms with Gasteiger partial charge in [-0.05, 0) is 12.1 Å². The first kappa shape index (κ1) is 17.8. The molecule has 0 spiro atoms. The summed E-state index contributed by atoms with van der Waals surface area (Å²) in [5, 5.41) is 26.4. The minimum atomic E-state index is -0.741. The van der Waals surface area contributed by atoms with Crippen molar-refractivity contribution >= 4 is 11.9 Å². The van der Waals surface area contributed by atoms with Crippen molar-refractivity contribution in [2.24, 2.45) is 11.8 Å². The second-order valence-electron chi connectivity index (χ2n) is 4.69. The Kier molecular flexibility index (Phi) is 7.14. The number of carbonyl (C=O) groups excluding carboxylic acids is 1. The zero-order valence-corrected chi connectivity index (χ0v) is 12.0. The van der Waals surface area contributed by atoms with E-state index in [4.69, 9.17) is 14.9 Å². The van der Waals surface area contributed by atoms with Gasteiger partial charge in [-0.15, -0.1) is 0 Å². The molecular formula is C14H20O6. The van der Waals surface area contributed by atoms with Gasteiger partial charge in [0.05, 0.1) is 11.8 Å². The number of aromatic hydroxyl groups is 2. The van der Waals surface area contributed by atoms with Crippen molar-refractivity contribution in [2.45, 2.75) is 27.7 Å². The van der Waals surface area contributed by atoms with Crippen LogP contribution in [0.5, 0.6) is 17.2 Å². The van der Waals surface area contributed by atoms with Gasteiger partial charge in [0.1, 0.15) is 0 Å². The summed E-state index contributed by atoms with van der Waals surface area (Å²) in [7, 11) is 0. The lowest BCUT2D eigenvalue weighted by molar-refractivity contribution is -0.140. The Bertz CT molecular complexity index is 465. The summed E-state index contributed by atoms with van der Waals surface area (Å²) in [6.45, 7) is 6.65. The van der Waals surface area contributed by atoms with E-state index in [1.54, 1.807) is 27.7 Å².